The van der Waals surface area contributed by atoms with Crippen LogP contribution in [0.1, 0.15) is 50.2 Å². The van der Waals surface area contributed by atoms with Crippen molar-refractivity contribution in [3.8, 4) is 0 Å². The highest BCUT2D eigenvalue weighted by molar-refractivity contribution is 5.09. The molecule has 96 valence electrons. The minimum atomic E-state index is 0.223. The monoisotopic (exact) mass is 237 g/mol. The number of hydrogen-bond donors (Lipinski definition) is 2. The highest BCUT2D eigenvalue weighted by Gasteiger charge is 2.26. The topological polar surface area (TPSA) is 45.4 Å². The molecule has 2 rings (SSSR count). The Kier molecular flexibility index (Phi) is 4.24. The number of rotatable bonds is 4. The normalized spacial score (nSPS) is 27.0. The Balaban J connectivity index is 1.94. The van der Waals surface area contributed by atoms with Crippen LogP contribution in [0.2, 0.25) is 0 Å². The maximum absolute atomic E-state index is 9.39. The molecule has 0 saturated heterocycles. The Morgan fingerprint density at radius 2 is 2.18 bits per heavy atom. The van der Waals surface area contributed by atoms with Crippen molar-refractivity contribution < 1.29 is 9.52 Å². The second-order valence-corrected chi connectivity index (χ2v) is 5.17. The van der Waals surface area contributed by atoms with Crippen LogP contribution in [0.15, 0.2) is 16.5 Å². The molecule has 0 aliphatic heterocycles. The van der Waals surface area contributed by atoms with Crippen LogP contribution in [0.3, 0.4) is 0 Å². The van der Waals surface area contributed by atoms with Gasteiger partial charge in [0.1, 0.15) is 11.5 Å². The molecule has 0 bridgehead atoms. The molecule has 0 radical (unpaired) electrons. The lowest BCUT2D eigenvalue weighted by Crippen LogP contribution is -2.41. The molecule has 0 aromatic carbocycles. The van der Waals surface area contributed by atoms with Crippen LogP contribution < -0.4 is 5.32 Å². The molecule has 1 aliphatic rings. The van der Waals surface area contributed by atoms with Crippen LogP contribution in [0.4, 0.5) is 0 Å². The Hall–Kier alpha value is -0.800. The molecule has 0 spiro atoms. The lowest BCUT2D eigenvalue weighted by atomic mass is 9.84. The zero-order chi connectivity index (χ0) is 12.3. The summed E-state index contributed by atoms with van der Waals surface area (Å²) in [5.41, 5.74) is 0. The summed E-state index contributed by atoms with van der Waals surface area (Å²) in [6, 6.07) is 4.68. The highest BCUT2D eigenvalue weighted by Crippen LogP contribution is 2.26. The van der Waals surface area contributed by atoms with Crippen LogP contribution in [0.5, 0.6) is 0 Å². The largest absolute Gasteiger partial charge is 0.465 e. The summed E-state index contributed by atoms with van der Waals surface area (Å²) in [5.74, 6) is 2.35. The third kappa shape index (κ3) is 3.11. The van der Waals surface area contributed by atoms with Gasteiger partial charge in [0.15, 0.2) is 0 Å². The summed E-state index contributed by atoms with van der Waals surface area (Å²) in [4.78, 5) is 0. The van der Waals surface area contributed by atoms with Crippen molar-refractivity contribution >= 4 is 0 Å². The zero-order valence-corrected chi connectivity index (χ0v) is 10.8. The number of aliphatic hydroxyl groups is 1. The first-order chi connectivity index (χ1) is 8.20. The molecule has 1 aliphatic carbocycles. The van der Waals surface area contributed by atoms with Crippen LogP contribution in [-0.2, 0) is 0 Å². The SMILES string of the molecule is Cc1ccc(C(C)NC2CCCCC2CO)o1. The van der Waals surface area contributed by atoms with Gasteiger partial charge in [0.25, 0.3) is 0 Å². The molecule has 1 aromatic rings. The van der Waals surface area contributed by atoms with Crippen molar-refractivity contribution in [1.82, 2.24) is 5.32 Å². The van der Waals surface area contributed by atoms with Crippen LogP contribution in [-0.4, -0.2) is 17.8 Å². The summed E-state index contributed by atoms with van der Waals surface area (Å²) >= 11 is 0. The molecule has 3 atom stereocenters. The van der Waals surface area contributed by atoms with Gasteiger partial charge >= 0.3 is 0 Å². The van der Waals surface area contributed by atoms with Gasteiger partial charge in [-0.15, -0.1) is 0 Å². The number of nitrogens with one attached hydrogen (secondary N) is 1. The highest BCUT2D eigenvalue weighted by atomic mass is 16.3. The molecular formula is C14H23NO2. The Morgan fingerprint density at radius 3 is 2.82 bits per heavy atom. The number of aryl methyl sites for hydroxylation is 1. The van der Waals surface area contributed by atoms with E-state index in [0.717, 1.165) is 24.4 Å². The second kappa shape index (κ2) is 5.69. The minimum Gasteiger partial charge on any atom is -0.465 e. The second-order valence-electron chi connectivity index (χ2n) is 5.17. The van der Waals surface area contributed by atoms with Crippen LogP contribution >= 0.6 is 0 Å². The van der Waals surface area contributed by atoms with E-state index in [2.05, 4.69) is 12.2 Å². The van der Waals surface area contributed by atoms with Gasteiger partial charge in [-0.3, -0.25) is 0 Å². The van der Waals surface area contributed by atoms with E-state index >= 15 is 0 Å². The fourth-order valence-corrected chi connectivity index (χ4v) is 2.74. The quantitative estimate of drug-likeness (QED) is 0.846. The zero-order valence-electron chi connectivity index (χ0n) is 10.8. The van der Waals surface area contributed by atoms with E-state index in [9.17, 15) is 5.11 Å². The lowest BCUT2D eigenvalue weighted by molar-refractivity contribution is 0.145. The third-order valence-electron chi connectivity index (χ3n) is 3.80. The van der Waals surface area contributed by atoms with E-state index in [0.29, 0.717) is 18.6 Å². The van der Waals surface area contributed by atoms with Gasteiger partial charge in [0.05, 0.1) is 6.04 Å². The Bertz CT molecular complexity index is 348. The van der Waals surface area contributed by atoms with E-state index in [-0.39, 0.29) is 6.04 Å². The molecule has 3 heteroatoms. The van der Waals surface area contributed by atoms with E-state index in [1.54, 1.807) is 0 Å². The Morgan fingerprint density at radius 1 is 1.41 bits per heavy atom. The van der Waals surface area contributed by atoms with Crippen molar-refractivity contribution in [3.05, 3.63) is 23.7 Å². The van der Waals surface area contributed by atoms with Gasteiger partial charge in [0.2, 0.25) is 0 Å². The van der Waals surface area contributed by atoms with Crippen molar-refractivity contribution in [2.24, 2.45) is 5.92 Å². The lowest BCUT2D eigenvalue weighted by Gasteiger charge is -2.32. The fourth-order valence-electron chi connectivity index (χ4n) is 2.74. The van der Waals surface area contributed by atoms with Crippen molar-refractivity contribution in [3.63, 3.8) is 0 Å². The van der Waals surface area contributed by atoms with E-state index < -0.39 is 0 Å². The van der Waals surface area contributed by atoms with Crippen molar-refractivity contribution in [2.75, 3.05) is 6.61 Å². The smallest absolute Gasteiger partial charge is 0.120 e. The van der Waals surface area contributed by atoms with Crippen LogP contribution in [0.25, 0.3) is 0 Å². The first-order valence-electron chi connectivity index (χ1n) is 6.64. The predicted octanol–water partition coefficient (Wildman–Crippen LogP) is 2.79. The number of hydrogen-bond acceptors (Lipinski definition) is 3. The molecule has 1 heterocycles. The summed E-state index contributed by atoms with van der Waals surface area (Å²) in [5, 5.41) is 13.0. The maximum atomic E-state index is 9.39. The summed E-state index contributed by atoms with van der Waals surface area (Å²) < 4.78 is 5.63. The molecule has 2 N–H and O–H groups in total. The molecule has 1 fully saturated rings. The summed E-state index contributed by atoms with van der Waals surface area (Å²) in [6.45, 7) is 4.39. The molecule has 3 nitrogen and oxygen atoms in total. The average molecular weight is 237 g/mol. The maximum Gasteiger partial charge on any atom is 0.120 e. The van der Waals surface area contributed by atoms with Gasteiger partial charge in [-0.1, -0.05) is 12.8 Å². The molecule has 0 amide bonds. The van der Waals surface area contributed by atoms with Gasteiger partial charge in [-0.25, -0.2) is 0 Å². The van der Waals surface area contributed by atoms with Crippen LogP contribution in [0, 0.1) is 12.8 Å². The molecule has 1 saturated carbocycles. The molecule has 3 unspecified atom stereocenters. The first kappa shape index (κ1) is 12.7. The van der Waals surface area contributed by atoms with Gasteiger partial charge in [0, 0.05) is 12.6 Å². The third-order valence-corrected chi connectivity index (χ3v) is 3.80. The summed E-state index contributed by atoms with van der Waals surface area (Å²) in [6.07, 6.45) is 4.81. The van der Waals surface area contributed by atoms with Crippen molar-refractivity contribution in [2.45, 2.75) is 51.6 Å². The molecule has 17 heavy (non-hydrogen) atoms. The van der Waals surface area contributed by atoms with Crippen molar-refractivity contribution in [1.29, 1.82) is 0 Å². The summed E-state index contributed by atoms with van der Waals surface area (Å²) in [7, 11) is 0. The van der Waals surface area contributed by atoms with Gasteiger partial charge < -0.3 is 14.8 Å². The van der Waals surface area contributed by atoms with E-state index in [1.807, 2.05) is 19.1 Å². The van der Waals surface area contributed by atoms with Gasteiger partial charge in [-0.2, -0.15) is 0 Å². The minimum absolute atomic E-state index is 0.223. The molecule has 1 aromatic heterocycles. The van der Waals surface area contributed by atoms with E-state index in [4.69, 9.17) is 4.42 Å². The number of furan rings is 1. The predicted molar refractivity (Wildman–Crippen MR) is 67.8 cm³/mol. The van der Waals surface area contributed by atoms with Gasteiger partial charge in [-0.05, 0) is 44.7 Å². The number of aliphatic hydroxyl groups excluding tert-OH is 1. The van der Waals surface area contributed by atoms with E-state index in [1.165, 1.54) is 12.8 Å². The first-order valence-corrected chi connectivity index (χ1v) is 6.64. The standard InChI is InChI=1S/C14H23NO2/c1-10-7-8-14(17-10)11(2)15-13-6-4-3-5-12(13)9-16/h7-8,11-13,15-16H,3-6,9H2,1-2H3. The average Bonchev–Trinajstić information content (AvgIpc) is 2.77. The fraction of sp³-hybridized carbons (Fsp3) is 0.714. The Labute approximate surface area is 103 Å². The molecular weight excluding hydrogens is 214 g/mol.